The molecular formula is C12H24N2O2S. The van der Waals surface area contributed by atoms with Gasteiger partial charge in [-0.2, -0.15) is 4.31 Å². The van der Waals surface area contributed by atoms with Crippen LogP contribution >= 0.6 is 0 Å². The van der Waals surface area contributed by atoms with Crippen molar-refractivity contribution in [3.63, 3.8) is 0 Å². The van der Waals surface area contributed by atoms with Gasteiger partial charge in [0, 0.05) is 12.1 Å². The number of hydrogen-bond donors (Lipinski definition) is 1. The number of rotatable bonds is 2. The highest BCUT2D eigenvalue weighted by Crippen LogP contribution is 2.29. The summed E-state index contributed by atoms with van der Waals surface area (Å²) in [6, 6.07) is 0.359. The molecule has 0 aliphatic carbocycles. The molecular weight excluding hydrogens is 236 g/mol. The molecule has 0 aromatic carbocycles. The SMILES string of the molecule is C[C@@H]1CCC[C@H](C)N1S(=O)(=O)C1CCNCC1. The third-order valence-corrected chi connectivity index (χ3v) is 6.74. The van der Waals surface area contributed by atoms with Crippen LogP contribution in [-0.4, -0.2) is 43.1 Å². The van der Waals surface area contributed by atoms with Crippen LogP contribution in [0.5, 0.6) is 0 Å². The van der Waals surface area contributed by atoms with E-state index in [2.05, 4.69) is 5.32 Å². The number of hydrogen-bond acceptors (Lipinski definition) is 3. The van der Waals surface area contributed by atoms with Crippen LogP contribution in [0.3, 0.4) is 0 Å². The molecule has 2 aliphatic heterocycles. The van der Waals surface area contributed by atoms with Gasteiger partial charge in [-0.25, -0.2) is 8.42 Å². The Morgan fingerprint density at radius 1 is 1.00 bits per heavy atom. The second-order valence-electron chi connectivity index (χ2n) is 5.45. The Morgan fingerprint density at radius 3 is 2.06 bits per heavy atom. The first-order valence-electron chi connectivity index (χ1n) is 6.76. The van der Waals surface area contributed by atoms with Crippen molar-refractivity contribution in [2.24, 2.45) is 0 Å². The summed E-state index contributed by atoms with van der Waals surface area (Å²) in [6.45, 7) is 5.77. The van der Waals surface area contributed by atoms with Crippen LogP contribution in [0.4, 0.5) is 0 Å². The average molecular weight is 260 g/mol. The monoisotopic (exact) mass is 260 g/mol. The van der Waals surface area contributed by atoms with Crippen molar-refractivity contribution in [1.29, 1.82) is 0 Å². The Labute approximate surface area is 105 Å². The van der Waals surface area contributed by atoms with Crippen LogP contribution in [0.1, 0.15) is 46.0 Å². The van der Waals surface area contributed by atoms with Crippen LogP contribution in [-0.2, 0) is 10.0 Å². The van der Waals surface area contributed by atoms with E-state index in [0.717, 1.165) is 45.2 Å². The molecule has 2 atom stereocenters. The summed E-state index contributed by atoms with van der Waals surface area (Å²) >= 11 is 0. The van der Waals surface area contributed by atoms with Gasteiger partial charge in [-0.15, -0.1) is 0 Å². The molecule has 2 heterocycles. The molecule has 4 nitrogen and oxygen atoms in total. The lowest BCUT2D eigenvalue weighted by Gasteiger charge is -2.40. The summed E-state index contributed by atoms with van der Waals surface area (Å²) in [5.41, 5.74) is 0. The van der Waals surface area contributed by atoms with E-state index in [4.69, 9.17) is 0 Å². The van der Waals surface area contributed by atoms with Gasteiger partial charge in [0.05, 0.1) is 5.25 Å². The number of sulfonamides is 1. The first-order chi connectivity index (χ1) is 8.03. The van der Waals surface area contributed by atoms with Gasteiger partial charge in [-0.05, 0) is 52.6 Å². The quantitative estimate of drug-likeness (QED) is 0.815. The van der Waals surface area contributed by atoms with Crippen molar-refractivity contribution in [3.8, 4) is 0 Å². The van der Waals surface area contributed by atoms with Gasteiger partial charge in [0.2, 0.25) is 10.0 Å². The van der Waals surface area contributed by atoms with Gasteiger partial charge in [0.15, 0.2) is 0 Å². The lowest BCUT2D eigenvalue weighted by atomic mass is 10.0. The molecule has 17 heavy (non-hydrogen) atoms. The summed E-state index contributed by atoms with van der Waals surface area (Å²) in [7, 11) is -3.09. The fourth-order valence-electron chi connectivity index (χ4n) is 3.16. The second kappa shape index (κ2) is 5.24. The Hall–Kier alpha value is -0.130. The number of nitrogens with one attached hydrogen (secondary N) is 1. The lowest BCUT2D eigenvalue weighted by molar-refractivity contribution is 0.200. The summed E-state index contributed by atoms with van der Waals surface area (Å²) in [5.74, 6) is 0. The minimum absolute atomic E-state index is 0.160. The predicted octanol–water partition coefficient (Wildman–Crippen LogP) is 1.33. The first-order valence-corrected chi connectivity index (χ1v) is 8.27. The molecule has 2 aliphatic rings. The Balaban J connectivity index is 2.17. The fraction of sp³-hybridized carbons (Fsp3) is 1.00. The molecule has 0 unspecified atom stereocenters. The van der Waals surface area contributed by atoms with Crippen molar-refractivity contribution in [2.75, 3.05) is 13.1 Å². The maximum Gasteiger partial charge on any atom is 0.217 e. The molecule has 2 saturated heterocycles. The molecule has 0 aromatic heterocycles. The van der Waals surface area contributed by atoms with Crippen molar-refractivity contribution >= 4 is 10.0 Å². The lowest BCUT2D eigenvalue weighted by Crippen LogP contribution is -2.52. The molecule has 0 saturated carbocycles. The molecule has 100 valence electrons. The van der Waals surface area contributed by atoms with Crippen LogP contribution in [0.15, 0.2) is 0 Å². The van der Waals surface area contributed by atoms with E-state index in [-0.39, 0.29) is 17.3 Å². The average Bonchev–Trinajstić information content (AvgIpc) is 2.29. The standard InChI is InChI=1S/C12H24N2O2S/c1-10-4-3-5-11(2)14(10)17(15,16)12-6-8-13-9-7-12/h10-13H,3-9H2,1-2H3/t10-,11+. The summed E-state index contributed by atoms with van der Waals surface area (Å²) in [5, 5.41) is 3.07. The minimum atomic E-state index is -3.09. The highest BCUT2D eigenvalue weighted by Gasteiger charge is 2.39. The van der Waals surface area contributed by atoms with E-state index >= 15 is 0 Å². The molecule has 0 radical (unpaired) electrons. The Bertz CT molecular complexity index is 340. The summed E-state index contributed by atoms with van der Waals surface area (Å²) < 4.78 is 27.1. The molecule has 0 spiro atoms. The van der Waals surface area contributed by atoms with E-state index in [1.165, 1.54) is 0 Å². The third kappa shape index (κ3) is 2.66. The topological polar surface area (TPSA) is 49.4 Å². The Kier molecular flexibility index (Phi) is 4.10. The number of nitrogens with zero attached hydrogens (tertiary/aromatic N) is 1. The van der Waals surface area contributed by atoms with Gasteiger partial charge in [-0.1, -0.05) is 6.42 Å². The zero-order chi connectivity index (χ0) is 12.5. The zero-order valence-corrected chi connectivity index (χ0v) is 11.7. The largest absolute Gasteiger partial charge is 0.317 e. The van der Waals surface area contributed by atoms with Crippen LogP contribution in [0.2, 0.25) is 0 Å². The maximum atomic E-state index is 12.7. The van der Waals surface area contributed by atoms with Crippen molar-refractivity contribution in [1.82, 2.24) is 9.62 Å². The fourth-order valence-corrected chi connectivity index (χ4v) is 5.55. The van der Waals surface area contributed by atoms with Gasteiger partial charge in [0.1, 0.15) is 0 Å². The highest BCUT2D eigenvalue weighted by atomic mass is 32.2. The van der Waals surface area contributed by atoms with Crippen molar-refractivity contribution in [2.45, 2.75) is 63.3 Å². The smallest absolute Gasteiger partial charge is 0.217 e. The van der Waals surface area contributed by atoms with Crippen LogP contribution in [0.25, 0.3) is 0 Å². The predicted molar refractivity (Wildman–Crippen MR) is 69.4 cm³/mol. The van der Waals surface area contributed by atoms with Gasteiger partial charge in [0.25, 0.3) is 0 Å². The molecule has 2 rings (SSSR count). The number of piperidine rings is 2. The normalized spacial score (nSPS) is 33.8. The molecule has 2 fully saturated rings. The maximum absolute atomic E-state index is 12.7. The molecule has 0 aromatic rings. The zero-order valence-electron chi connectivity index (χ0n) is 10.9. The molecule has 0 bridgehead atoms. The molecule has 1 N–H and O–H groups in total. The van der Waals surface area contributed by atoms with E-state index in [0.29, 0.717) is 0 Å². The molecule has 0 amide bonds. The van der Waals surface area contributed by atoms with Crippen LogP contribution < -0.4 is 5.32 Å². The minimum Gasteiger partial charge on any atom is -0.317 e. The van der Waals surface area contributed by atoms with Crippen LogP contribution in [0, 0.1) is 0 Å². The van der Waals surface area contributed by atoms with E-state index in [1.807, 2.05) is 13.8 Å². The van der Waals surface area contributed by atoms with E-state index < -0.39 is 10.0 Å². The summed E-state index contributed by atoms with van der Waals surface area (Å²) in [4.78, 5) is 0. The van der Waals surface area contributed by atoms with Crippen molar-refractivity contribution in [3.05, 3.63) is 0 Å². The Morgan fingerprint density at radius 2 is 1.53 bits per heavy atom. The highest BCUT2D eigenvalue weighted by molar-refractivity contribution is 7.89. The van der Waals surface area contributed by atoms with E-state index in [9.17, 15) is 8.42 Å². The third-order valence-electron chi connectivity index (χ3n) is 4.11. The van der Waals surface area contributed by atoms with Gasteiger partial charge in [-0.3, -0.25) is 0 Å². The van der Waals surface area contributed by atoms with E-state index in [1.54, 1.807) is 4.31 Å². The molecule has 5 heteroatoms. The summed E-state index contributed by atoms with van der Waals surface area (Å²) in [6.07, 6.45) is 4.69. The first kappa shape index (κ1) is 13.3. The van der Waals surface area contributed by atoms with Gasteiger partial charge < -0.3 is 5.32 Å². The second-order valence-corrected chi connectivity index (χ2v) is 7.57. The van der Waals surface area contributed by atoms with Crippen molar-refractivity contribution < 1.29 is 8.42 Å². The van der Waals surface area contributed by atoms with Gasteiger partial charge >= 0.3 is 0 Å².